The number of hydrogen-bond donors (Lipinski definition) is 2. The van der Waals surface area contributed by atoms with E-state index in [1.807, 2.05) is 36.4 Å². The Bertz CT molecular complexity index is 1140. The summed E-state index contributed by atoms with van der Waals surface area (Å²) in [6, 6.07) is 13.8. The Morgan fingerprint density at radius 1 is 1.14 bits per heavy atom. The average Bonchev–Trinajstić information content (AvgIpc) is 3.18. The van der Waals surface area contributed by atoms with E-state index < -0.39 is 36.2 Å². The van der Waals surface area contributed by atoms with Gasteiger partial charge in [0, 0.05) is 18.9 Å². The normalized spacial score (nSPS) is 19.5. The molecule has 8 nitrogen and oxygen atoms in total. The van der Waals surface area contributed by atoms with Gasteiger partial charge in [-0.05, 0) is 36.1 Å². The molecule has 3 atom stereocenters. The van der Waals surface area contributed by atoms with Gasteiger partial charge in [-0.3, -0.25) is 4.79 Å². The lowest BCUT2D eigenvalue weighted by Crippen LogP contribution is -2.60. The third-order valence-electron chi connectivity index (χ3n) is 6.45. The third-order valence-corrected chi connectivity index (χ3v) is 6.45. The lowest BCUT2D eigenvalue weighted by Gasteiger charge is -2.38. The smallest absolute Gasteiger partial charge is 0.407 e. The maximum absolute atomic E-state index is 13.3. The van der Waals surface area contributed by atoms with Crippen LogP contribution in [0.1, 0.15) is 37.3 Å². The molecular weight excluding hydrogens is 448 g/mol. The summed E-state index contributed by atoms with van der Waals surface area (Å²) < 4.78 is 11.0. The van der Waals surface area contributed by atoms with Crippen LogP contribution in [0, 0.1) is 11.8 Å². The number of hydrogen-bond acceptors (Lipinski definition) is 5. The molecule has 1 fully saturated rings. The van der Waals surface area contributed by atoms with Crippen molar-refractivity contribution in [2.75, 3.05) is 19.8 Å². The van der Waals surface area contributed by atoms with Crippen LogP contribution in [-0.4, -0.2) is 65.9 Å². The van der Waals surface area contributed by atoms with E-state index in [4.69, 9.17) is 9.47 Å². The molecule has 1 heterocycles. The maximum atomic E-state index is 13.3. The lowest BCUT2D eigenvalue weighted by atomic mass is 9.98. The van der Waals surface area contributed by atoms with E-state index in [1.165, 1.54) is 4.90 Å². The number of alkyl carbamates (subject to hydrolysis) is 1. The number of amides is 2. The molecular formula is C27H28N2O6. The van der Waals surface area contributed by atoms with Crippen LogP contribution >= 0.6 is 0 Å². The molecule has 182 valence electrons. The van der Waals surface area contributed by atoms with Crippen molar-refractivity contribution in [1.29, 1.82) is 0 Å². The minimum atomic E-state index is -1.16. The number of morpholine rings is 1. The summed E-state index contributed by atoms with van der Waals surface area (Å²) in [5.74, 6) is 3.72. The average molecular weight is 477 g/mol. The molecule has 0 radical (unpaired) electrons. The summed E-state index contributed by atoms with van der Waals surface area (Å²) >= 11 is 0. The van der Waals surface area contributed by atoms with Crippen LogP contribution in [0.5, 0.6) is 0 Å². The molecule has 0 spiro atoms. The zero-order valence-electron chi connectivity index (χ0n) is 19.7. The summed E-state index contributed by atoms with van der Waals surface area (Å²) in [5.41, 5.74) is 4.39. The van der Waals surface area contributed by atoms with Crippen molar-refractivity contribution in [3.8, 4) is 23.0 Å². The maximum Gasteiger partial charge on any atom is 0.407 e. The number of nitrogens with zero attached hydrogens (tertiary/aromatic N) is 1. The van der Waals surface area contributed by atoms with E-state index in [-0.39, 0.29) is 32.1 Å². The molecule has 2 N–H and O–H groups in total. The standard InChI is InChI=1S/C27H28N2O6/c1-3-4-13-23(25(30)29-14-15-34-17(2)24(29)26(31)32)28-27(33)35-16-22-20-11-7-5-9-18(20)19-10-6-8-12-21(19)22/h5-12,17,22-24H,13-16H2,1-2H3,(H,28,33)(H,31,32). The van der Waals surface area contributed by atoms with Crippen molar-refractivity contribution in [3.63, 3.8) is 0 Å². The van der Waals surface area contributed by atoms with E-state index in [9.17, 15) is 19.5 Å². The molecule has 8 heteroatoms. The van der Waals surface area contributed by atoms with E-state index in [2.05, 4.69) is 29.3 Å². The third kappa shape index (κ3) is 5.00. The van der Waals surface area contributed by atoms with E-state index >= 15 is 0 Å². The molecule has 1 aliphatic carbocycles. The van der Waals surface area contributed by atoms with Gasteiger partial charge >= 0.3 is 12.1 Å². The van der Waals surface area contributed by atoms with Gasteiger partial charge in [0.1, 0.15) is 12.6 Å². The highest BCUT2D eigenvalue weighted by Crippen LogP contribution is 2.44. The van der Waals surface area contributed by atoms with Crippen LogP contribution < -0.4 is 5.32 Å². The second-order valence-electron chi connectivity index (χ2n) is 8.54. The van der Waals surface area contributed by atoms with Crippen LogP contribution in [0.15, 0.2) is 48.5 Å². The van der Waals surface area contributed by atoms with Gasteiger partial charge in [-0.1, -0.05) is 48.5 Å². The molecule has 0 bridgehead atoms. The molecule has 3 unspecified atom stereocenters. The van der Waals surface area contributed by atoms with Gasteiger partial charge < -0.3 is 24.8 Å². The molecule has 0 aromatic heterocycles. The highest BCUT2D eigenvalue weighted by molar-refractivity contribution is 5.90. The minimum Gasteiger partial charge on any atom is -0.480 e. The summed E-state index contributed by atoms with van der Waals surface area (Å²) in [6.07, 6.45) is -1.38. The number of carboxylic acid groups (broad SMARTS) is 1. The Hall–Kier alpha value is -3.83. The summed E-state index contributed by atoms with van der Waals surface area (Å²) in [7, 11) is 0. The lowest BCUT2D eigenvalue weighted by molar-refractivity contribution is -0.165. The van der Waals surface area contributed by atoms with Crippen molar-refractivity contribution in [1.82, 2.24) is 10.2 Å². The Labute approximate surface area is 204 Å². The summed E-state index contributed by atoms with van der Waals surface area (Å²) in [6.45, 7) is 3.67. The highest BCUT2D eigenvalue weighted by atomic mass is 16.5. The fourth-order valence-electron chi connectivity index (χ4n) is 4.79. The summed E-state index contributed by atoms with van der Waals surface area (Å²) in [4.78, 5) is 39.0. The van der Waals surface area contributed by atoms with Crippen molar-refractivity contribution in [2.24, 2.45) is 0 Å². The fourth-order valence-corrected chi connectivity index (χ4v) is 4.79. The van der Waals surface area contributed by atoms with Gasteiger partial charge in [0.25, 0.3) is 0 Å². The predicted molar refractivity (Wildman–Crippen MR) is 129 cm³/mol. The molecule has 2 aromatic rings. The Balaban J connectivity index is 1.46. The molecule has 2 amide bonds. The number of carbonyl (C=O) groups is 3. The van der Waals surface area contributed by atoms with E-state index in [0.717, 1.165) is 22.3 Å². The topological polar surface area (TPSA) is 105 Å². The van der Waals surface area contributed by atoms with Gasteiger partial charge in [-0.25, -0.2) is 9.59 Å². The number of nitrogens with one attached hydrogen (secondary N) is 1. The molecule has 0 saturated carbocycles. The molecule has 4 rings (SSSR count). The van der Waals surface area contributed by atoms with Gasteiger partial charge in [0.05, 0.1) is 12.7 Å². The van der Waals surface area contributed by atoms with E-state index in [1.54, 1.807) is 13.8 Å². The monoisotopic (exact) mass is 476 g/mol. The number of benzene rings is 2. The molecule has 1 saturated heterocycles. The first-order chi connectivity index (χ1) is 16.9. The number of ether oxygens (including phenoxy) is 2. The van der Waals surface area contributed by atoms with Crippen LogP contribution in [0.3, 0.4) is 0 Å². The number of carbonyl (C=O) groups excluding carboxylic acids is 2. The van der Waals surface area contributed by atoms with Crippen LogP contribution in [0.4, 0.5) is 4.79 Å². The molecule has 2 aliphatic rings. The fraction of sp³-hybridized carbons (Fsp3) is 0.370. The Morgan fingerprint density at radius 3 is 2.37 bits per heavy atom. The van der Waals surface area contributed by atoms with Crippen molar-refractivity contribution < 1.29 is 29.0 Å². The molecule has 1 aliphatic heterocycles. The van der Waals surface area contributed by atoms with Crippen molar-refractivity contribution in [2.45, 2.75) is 44.4 Å². The van der Waals surface area contributed by atoms with Gasteiger partial charge in [0.15, 0.2) is 6.04 Å². The van der Waals surface area contributed by atoms with Crippen LogP contribution in [0.2, 0.25) is 0 Å². The largest absolute Gasteiger partial charge is 0.480 e. The first kappa shape index (κ1) is 24.3. The quantitative estimate of drug-likeness (QED) is 0.621. The number of rotatable bonds is 6. The summed E-state index contributed by atoms with van der Waals surface area (Å²) in [5, 5.41) is 12.2. The van der Waals surface area contributed by atoms with Gasteiger partial charge in [0.2, 0.25) is 5.91 Å². The van der Waals surface area contributed by atoms with Crippen LogP contribution in [0.25, 0.3) is 11.1 Å². The first-order valence-electron chi connectivity index (χ1n) is 11.6. The molecule has 2 aromatic carbocycles. The number of aliphatic carboxylic acids is 1. The second kappa shape index (κ2) is 10.6. The number of fused-ring (bicyclic) bond motifs is 3. The number of carboxylic acids is 1. The zero-order valence-corrected chi connectivity index (χ0v) is 19.7. The Morgan fingerprint density at radius 2 is 1.77 bits per heavy atom. The van der Waals surface area contributed by atoms with Crippen molar-refractivity contribution >= 4 is 18.0 Å². The zero-order chi connectivity index (χ0) is 24.9. The van der Waals surface area contributed by atoms with E-state index in [0.29, 0.717) is 0 Å². The highest BCUT2D eigenvalue weighted by Gasteiger charge is 2.40. The SMILES string of the molecule is CC#CCC(NC(=O)OCC1c2ccccc2-c2ccccc21)C(=O)N1CCOC(C)C1C(=O)O. The second-order valence-corrected chi connectivity index (χ2v) is 8.54. The Kier molecular flexibility index (Phi) is 7.37. The minimum absolute atomic E-state index is 0.0393. The first-order valence-corrected chi connectivity index (χ1v) is 11.6. The van der Waals surface area contributed by atoms with Gasteiger partial charge in [-0.2, -0.15) is 0 Å². The van der Waals surface area contributed by atoms with Gasteiger partial charge in [-0.15, -0.1) is 11.8 Å². The predicted octanol–water partition coefficient (Wildman–Crippen LogP) is 3.01. The van der Waals surface area contributed by atoms with Crippen LogP contribution in [-0.2, 0) is 19.1 Å². The van der Waals surface area contributed by atoms with Crippen molar-refractivity contribution in [3.05, 3.63) is 59.7 Å². The molecule has 35 heavy (non-hydrogen) atoms.